The topological polar surface area (TPSA) is 101 Å². The summed E-state index contributed by atoms with van der Waals surface area (Å²) in [6.07, 6.45) is -0.0757. The summed E-state index contributed by atoms with van der Waals surface area (Å²) in [6.45, 7) is 7.66. The van der Waals surface area contributed by atoms with Crippen LogP contribution < -0.4 is 0 Å². The van der Waals surface area contributed by atoms with Crippen molar-refractivity contribution in [3.05, 3.63) is 72.2 Å². The molecule has 1 fully saturated rings. The van der Waals surface area contributed by atoms with E-state index >= 15 is 0 Å². The first-order chi connectivity index (χ1) is 19.3. The number of aromatic hydroxyl groups is 1. The highest BCUT2D eigenvalue weighted by molar-refractivity contribution is 5.80. The van der Waals surface area contributed by atoms with Crippen molar-refractivity contribution in [2.45, 2.75) is 50.4 Å². The van der Waals surface area contributed by atoms with Gasteiger partial charge in [0.1, 0.15) is 12.1 Å². The van der Waals surface area contributed by atoms with Crippen LogP contribution in [0.15, 0.2) is 55.2 Å². The number of rotatable bonds is 8. The number of piperazine rings is 1. The van der Waals surface area contributed by atoms with Crippen molar-refractivity contribution in [2.75, 3.05) is 33.2 Å². The van der Waals surface area contributed by atoms with Gasteiger partial charge in [0.05, 0.1) is 17.4 Å². The number of H-pyrrole nitrogens is 1. The molecule has 0 saturated carbocycles. The average molecular weight is 569 g/mol. The van der Waals surface area contributed by atoms with E-state index in [1.165, 1.54) is 12.4 Å². The summed E-state index contributed by atoms with van der Waals surface area (Å²) in [5, 5.41) is 22.6. The molecule has 1 unspecified atom stereocenters. The SMILES string of the molecule is CN1CCN(Cc2cc3cc(CC(O)(CC(C)(C)c4cc(-c5cncnc5)ccc4O)C(F)(F)F)[nH]c3cn2)CC1. The predicted octanol–water partition coefficient (Wildman–Crippen LogP) is 4.68. The number of hydrogen-bond donors (Lipinski definition) is 3. The Hall–Kier alpha value is -3.54. The molecule has 1 aliphatic heterocycles. The molecule has 8 nitrogen and oxygen atoms in total. The van der Waals surface area contributed by atoms with E-state index in [2.05, 4.69) is 36.8 Å². The number of benzene rings is 1. The van der Waals surface area contributed by atoms with E-state index in [9.17, 15) is 23.4 Å². The second-order valence-electron chi connectivity index (χ2n) is 11.8. The molecular weight excluding hydrogens is 533 g/mol. The molecule has 41 heavy (non-hydrogen) atoms. The predicted molar refractivity (Wildman–Crippen MR) is 150 cm³/mol. The van der Waals surface area contributed by atoms with Gasteiger partial charge in [-0.25, -0.2) is 9.97 Å². The number of likely N-dealkylation sites (N-methyl/N-ethyl adjacent to an activating group) is 1. The van der Waals surface area contributed by atoms with Gasteiger partial charge in [-0.3, -0.25) is 9.88 Å². The number of phenolic OH excluding ortho intramolecular Hbond substituents is 1. The van der Waals surface area contributed by atoms with Crippen LogP contribution in [0.25, 0.3) is 22.0 Å². The summed E-state index contributed by atoms with van der Waals surface area (Å²) in [7, 11) is 2.09. The molecule has 1 aliphatic rings. The first kappa shape index (κ1) is 29.0. The molecule has 218 valence electrons. The average Bonchev–Trinajstić information content (AvgIpc) is 3.31. The molecule has 11 heteroatoms. The maximum atomic E-state index is 14.5. The zero-order chi connectivity index (χ0) is 29.4. The quantitative estimate of drug-likeness (QED) is 0.284. The van der Waals surface area contributed by atoms with Gasteiger partial charge in [0.25, 0.3) is 0 Å². The Bertz CT molecular complexity index is 1500. The number of phenols is 1. The maximum Gasteiger partial charge on any atom is 0.417 e. The summed E-state index contributed by atoms with van der Waals surface area (Å²) in [5.74, 6) is -0.148. The van der Waals surface area contributed by atoms with Crippen molar-refractivity contribution >= 4 is 10.9 Å². The normalized spacial score (nSPS) is 17.1. The lowest BCUT2D eigenvalue weighted by Gasteiger charge is -2.38. The number of aromatic amines is 1. The lowest BCUT2D eigenvalue weighted by Crippen LogP contribution is -2.50. The molecule has 4 aromatic rings. The molecule has 0 radical (unpaired) electrons. The minimum absolute atomic E-state index is 0.148. The zero-order valence-corrected chi connectivity index (χ0v) is 23.4. The van der Waals surface area contributed by atoms with Crippen molar-refractivity contribution in [2.24, 2.45) is 0 Å². The van der Waals surface area contributed by atoms with Gasteiger partial charge in [-0.15, -0.1) is 0 Å². The maximum absolute atomic E-state index is 14.5. The van der Waals surface area contributed by atoms with Crippen LogP contribution in [-0.4, -0.2) is 85.0 Å². The molecule has 0 aliphatic carbocycles. The molecule has 0 spiro atoms. The Kier molecular flexibility index (Phi) is 7.80. The Morgan fingerprint density at radius 2 is 1.66 bits per heavy atom. The molecule has 3 aromatic heterocycles. The summed E-state index contributed by atoms with van der Waals surface area (Å²) < 4.78 is 43.6. The van der Waals surface area contributed by atoms with Gasteiger partial charge in [-0.2, -0.15) is 13.2 Å². The second kappa shape index (κ2) is 11.0. The van der Waals surface area contributed by atoms with Gasteiger partial charge >= 0.3 is 6.18 Å². The number of aromatic nitrogens is 4. The van der Waals surface area contributed by atoms with Crippen LogP contribution >= 0.6 is 0 Å². The smallest absolute Gasteiger partial charge is 0.417 e. The molecule has 4 heterocycles. The molecule has 1 aromatic carbocycles. The Labute approximate surface area is 236 Å². The number of alkyl halides is 3. The standard InChI is InChI=1S/C30H35F3N6O2/c1-28(2,25-12-20(4-5-27(25)40)22-14-34-19-35-15-22)18-29(41,30(31,32)33)13-23-10-21-11-24(36-16-26(21)37-23)17-39-8-6-38(3)7-9-39/h4-5,10-12,14-16,19,37,40-41H,6-9,13,17-18H2,1-3H3. The molecule has 1 atom stereocenters. The van der Waals surface area contributed by atoms with E-state index in [0.29, 0.717) is 23.2 Å². The first-order valence-corrected chi connectivity index (χ1v) is 13.6. The van der Waals surface area contributed by atoms with Crippen molar-refractivity contribution < 1.29 is 23.4 Å². The number of nitrogens with one attached hydrogen (secondary N) is 1. The number of pyridine rings is 1. The van der Waals surface area contributed by atoms with Gasteiger partial charge in [-0.05, 0) is 48.7 Å². The monoisotopic (exact) mass is 568 g/mol. The number of fused-ring (bicyclic) bond motifs is 1. The van der Waals surface area contributed by atoms with Crippen LogP contribution in [0.4, 0.5) is 13.2 Å². The van der Waals surface area contributed by atoms with E-state index in [1.54, 1.807) is 50.6 Å². The number of nitrogens with zero attached hydrogens (tertiary/aromatic N) is 5. The van der Waals surface area contributed by atoms with E-state index in [-0.39, 0.29) is 17.0 Å². The van der Waals surface area contributed by atoms with Gasteiger partial charge < -0.3 is 20.1 Å². The molecule has 1 saturated heterocycles. The van der Waals surface area contributed by atoms with Gasteiger partial charge in [0.2, 0.25) is 0 Å². The van der Waals surface area contributed by atoms with Crippen LogP contribution in [0.5, 0.6) is 5.75 Å². The fourth-order valence-electron chi connectivity index (χ4n) is 5.66. The van der Waals surface area contributed by atoms with Crippen molar-refractivity contribution in [3.63, 3.8) is 0 Å². The Morgan fingerprint density at radius 1 is 0.951 bits per heavy atom. The molecule has 0 amide bonds. The largest absolute Gasteiger partial charge is 0.508 e. The second-order valence-corrected chi connectivity index (χ2v) is 11.8. The van der Waals surface area contributed by atoms with E-state index in [4.69, 9.17) is 0 Å². The van der Waals surface area contributed by atoms with Crippen LogP contribution in [-0.2, 0) is 18.4 Å². The Balaban J connectivity index is 1.39. The third kappa shape index (κ3) is 6.37. The minimum atomic E-state index is -4.92. The molecule has 5 rings (SSSR count). The van der Waals surface area contributed by atoms with Gasteiger partial charge in [0.15, 0.2) is 5.60 Å². The summed E-state index contributed by atoms with van der Waals surface area (Å²) in [4.78, 5) is 20.1. The fourth-order valence-corrected chi connectivity index (χ4v) is 5.66. The van der Waals surface area contributed by atoms with Crippen LogP contribution in [0.1, 0.15) is 37.2 Å². The zero-order valence-electron chi connectivity index (χ0n) is 23.4. The molecule has 0 bridgehead atoms. The van der Waals surface area contributed by atoms with Crippen LogP contribution in [0, 0.1) is 0 Å². The van der Waals surface area contributed by atoms with Crippen molar-refractivity contribution in [1.29, 1.82) is 0 Å². The Morgan fingerprint density at radius 3 is 2.34 bits per heavy atom. The van der Waals surface area contributed by atoms with Crippen molar-refractivity contribution in [3.8, 4) is 16.9 Å². The molecule has 3 N–H and O–H groups in total. The highest BCUT2D eigenvalue weighted by atomic mass is 19.4. The third-order valence-corrected chi connectivity index (χ3v) is 7.96. The van der Waals surface area contributed by atoms with Gasteiger partial charge in [0, 0.05) is 73.7 Å². The minimum Gasteiger partial charge on any atom is -0.508 e. The molecular formula is C30H35F3N6O2. The lowest BCUT2D eigenvalue weighted by molar-refractivity contribution is -0.266. The van der Waals surface area contributed by atoms with E-state index in [1.807, 2.05) is 6.07 Å². The summed E-state index contributed by atoms with van der Waals surface area (Å²) >= 11 is 0. The number of aliphatic hydroxyl groups is 1. The number of hydrogen-bond acceptors (Lipinski definition) is 7. The summed E-state index contributed by atoms with van der Waals surface area (Å²) in [6, 6.07) is 8.26. The number of halogens is 3. The van der Waals surface area contributed by atoms with Gasteiger partial charge in [-0.1, -0.05) is 19.9 Å². The van der Waals surface area contributed by atoms with Crippen LogP contribution in [0.3, 0.4) is 0 Å². The lowest BCUT2D eigenvalue weighted by atomic mass is 9.72. The fraction of sp³-hybridized carbons (Fsp3) is 0.433. The summed E-state index contributed by atoms with van der Waals surface area (Å²) in [5.41, 5.74) is -0.994. The van der Waals surface area contributed by atoms with Crippen molar-refractivity contribution in [1.82, 2.24) is 29.7 Å². The third-order valence-electron chi connectivity index (χ3n) is 7.96. The first-order valence-electron chi connectivity index (χ1n) is 13.6. The highest BCUT2D eigenvalue weighted by Crippen LogP contribution is 2.45. The highest BCUT2D eigenvalue weighted by Gasteiger charge is 2.56. The van der Waals surface area contributed by atoms with Crippen LogP contribution in [0.2, 0.25) is 0 Å². The van der Waals surface area contributed by atoms with E-state index < -0.39 is 30.0 Å². The van der Waals surface area contributed by atoms with E-state index in [0.717, 1.165) is 37.3 Å².